The average molecular weight is 374 g/mol. The molecule has 2 aromatic rings. The lowest BCUT2D eigenvalue weighted by Crippen LogP contribution is -2.07. The molecule has 2 N–H and O–H groups in total. The first-order valence-electron chi connectivity index (χ1n) is 7.93. The third kappa shape index (κ3) is 7.25. The SMILES string of the molecule is C=C/C=C(\C=C)CNc1ncnn2cc(C=O)c(C)c12.CO.COC(C)=O. The smallest absolute Gasteiger partial charge is 0.302 e. The highest BCUT2D eigenvalue weighted by Gasteiger charge is 2.11. The van der Waals surface area contributed by atoms with E-state index >= 15 is 0 Å². The molecule has 8 nitrogen and oxygen atoms in total. The van der Waals surface area contributed by atoms with E-state index in [2.05, 4.69) is 33.3 Å². The number of anilines is 1. The van der Waals surface area contributed by atoms with Crippen molar-refractivity contribution in [2.45, 2.75) is 13.8 Å². The molecule has 0 spiro atoms. The molecular formula is C19H26N4O4. The minimum atomic E-state index is -0.245. The number of hydrogen-bond donors (Lipinski definition) is 2. The zero-order valence-corrected chi connectivity index (χ0v) is 16.1. The molecule has 0 radical (unpaired) electrons. The van der Waals surface area contributed by atoms with Crippen molar-refractivity contribution in [2.75, 3.05) is 26.1 Å². The summed E-state index contributed by atoms with van der Waals surface area (Å²) in [7, 11) is 2.35. The number of esters is 1. The number of carbonyl (C=O) groups excluding carboxylic acids is 2. The molecule has 0 aromatic carbocycles. The van der Waals surface area contributed by atoms with Gasteiger partial charge in [-0.2, -0.15) is 5.10 Å². The summed E-state index contributed by atoms with van der Waals surface area (Å²) in [5.41, 5.74) is 3.27. The van der Waals surface area contributed by atoms with Crippen LogP contribution in [-0.4, -0.2) is 52.7 Å². The van der Waals surface area contributed by atoms with Gasteiger partial charge in [0.1, 0.15) is 11.8 Å². The van der Waals surface area contributed by atoms with E-state index in [1.807, 2.05) is 13.0 Å². The molecule has 2 rings (SSSR count). The van der Waals surface area contributed by atoms with Gasteiger partial charge in [-0.3, -0.25) is 9.59 Å². The van der Waals surface area contributed by atoms with E-state index in [0.717, 1.165) is 30.0 Å². The summed E-state index contributed by atoms with van der Waals surface area (Å²) in [6.45, 7) is 11.2. The van der Waals surface area contributed by atoms with Crippen LogP contribution in [0.1, 0.15) is 22.8 Å². The molecule has 0 unspecified atom stereocenters. The molecule has 146 valence electrons. The zero-order valence-electron chi connectivity index (χ0n) is 16.1. The maximum atomic E-state index is 11.0. The lowest BCUT2D eigenvalue weighted by molar-refractivity contribution is -0.137. The number of aromatic nitrogens is 3. The number of rotatable bonds is 6. The highest BCUT2D eigenvalue weighted by molar-refractivity contribution is 5.86. The quantitative estimate of drug-likeness (QED) is 0.454. The van der Waals surface area contributed by atoms with Crippen molar-refractivity contribution in [3.63, 3.8) is 0 Å². The standard InChI is InChI=1S/C15H16N4O.C3H6O2.CH4O/c1-4-6-12(5-2)7-16-15-14-11(3)13(9-20)8-19(14)18-10-17-15;1-3(4)5-2;1-2/h4-6,8-10H,1-2,7H2,3H3,(H,16,17,18);1-2H3;2H,1H3/b12-6+;;. The van der Waals surface area contributed by atoms with E-state index in [0.29, 0.717) is 17.9 Å². The van der Waals surface area contributed by atoms with E-state index in [1.165, 1.54) is 20.4 Å². The molecule has 0 aliphatic carbocycles. The largest absolute Gasteiger partial charge is 0.469 e. The Kier molecular flexibility index (Phi) is 11.4. The van der Waals surface area contributed by atoms with E-state index in [1.54, 1.807) is 22.9 Å². The minimum absolute atomic E-state index is 0.245. The van der Waals surface area contributed by atoms with Crippen LogP contribution in [0.15, 0.2) is 49.5 Å². The maximum Gasteiger partial charge on any atom is 0.302 e. The first-order valence-corrected chi connectivity index (χ1v) is 7.93. The predicted molar refractivity (Wildman–Crippen MR) is 106 cm³/mol. The summed E-state index contributed by atoms with van der Waals surface area (Å²) in [6.07, 6.45) is 9.31. The van der Waals surface area contributed by atoms with Crippen molar-refractivity contribution in [1.29, 1.82) is 0 Å². The van der Waals surface area contributed by atoms with Gasteiger partial charge in [-0.1, -0.05) is 31.4 Å². The molecule has 0 atom stereocenters. The lowest BCUT2D eigenvalue weighted by atomic mass is 10.2. The Morgan fingerprint density at radius 1 is 1.41 bits per heavy atom. The fourth-order valence-electron chi connectivity index (χ4n) is 1.96. The minimum Gasteiger partial charge on any atom is -0.469 e. The summed E-state index contributed by atoms with van der Waals surface area (Å²) in [5, 5.41) is 14.3. The maximum absolute atomic E-state index is 11.0. The number of methoxy groups -OCH3 is 1. The van der Waals surface area contributed by atoms with Crippen LogP contribution < -0.4 is 5.32 Å². The van der Waals surface area contributed by atoms with Gasteiger partial charge in [0.2, 0.25) is 0 Å². The van der Waals surface area contributed by atoms with Crippen LogP contribution in [0.25, 0.3) is 5.52 Å². The van der Waals surface area contributed by atoms with Crippen molar-refractivity contribution in [3.8, 4) is 0 Å². The predicted octanol–water partition coefficient (Wildman–Crippen LogP) is 2.35. The normalized spacial score (nSPS) is 9.89. The van der Waals surface area contributed by atoms with Crippen LogP contribution in [0.5, 0.6) is 0 Å². The van der Waals surface area contributed by atoms with Crippen molar-refractivity contribution in [3.05, 3.63) is 60.6 Å². The Morgan fingerprint density at radius 3 is 2.52 bits per heavy atom. The molecule has 0 amide bonds. The number of nitrogens with one attached hydrogen (secondary N) is 1. The monoisotopic (exact) mass is 374 g/mol. The van der Waals surface area contributed by atoms with Crippen LogP contribution in [0.3, 0.4) is 0 Å². The zero-order chi connectivity index (χ0) is 20.8. The summed E-state index contributed by atoms with van der Waals surface area (Å²) in [6, 6.07) is 0. The van der Waals surface area contributed by atoms with Gasteiger partial charge in [0.25, 0.3) is 0 Å². The highest BCUT2D eigenvalue weighted by atomic mass is 16.5. The summed E-state index contributed by atoms with van der Waals surface area (Å²) in [5.74, 6) is 0.437. The number of aldehydes is 1. The molecule has 0 saturated heterocycles. The molecule has 0 aliphatic rings. The Morgan fingerprint density at radius 2 is 2.04 bits per heavy atom. The molecule has 0 aliphatic heterocycles. The van der Waals surface area contributed by atoms with Gasteiger partial charge in [0.05, 0.1) is 7.11 Å². The number of carbonyl (C=O) groups is 2. The molecule has 2 aromatic heterocycles. The number of aliphatic hydroxyl groups is 1. The van der Waals surface area contributed by atoms with Gasteiger partial charge in [-0.15, -0.1) is 0 Å². The first-order chi connectivity index (χ1) is 13.0. The van der Waals surface area contributed by atoms with Gasteiger partial charge in [0, 0.05) is 32.3 Å². The van der Waals surface area contributed by atoms with Crippen LogP contribution >= 0.6 is 0 Å². The Hall–Kier alpha value is -3.26. The number of fused-ring (bicyclic) bond motifs is 1. The first kappa shape index (κ1) is 23.7. The van der Waals surface area contributed by atoms with Crippen LogP contribution in [0.4, 0.5) is 5.82 Å². The van der Waals surface area contributed by atoms with E-state index in [-0.39, 0.29) is 5.97 Å². The summed E-state index contributed by atoms with van der Waals surface area (Å²) < 4.78 is 5.76. The molecule has 0 saturated carbocycles. The van der Waals surface area contributed by atoms with Gasteiger partial charge >= 0.3 is 5.97 Å². The average Bonchev–Trinajstić information content (AvgIpc) is 3.03. The molecular weight excluding hydrogens is 348 g/mol. The highest BCUT2D eigenvalue weighted by Crippen LogP contribution is 2.21. The number of aliphatic hydroxyl groups excluding tert-OH is 1. The second-order valence-electron chi connectivity index (χ2n) is 4.96. The van der Waals surface area contributed by atoms with E-state index in [9.17, 15) is 9.59 Å². The fraction of sp³-hybridized carbons (Fsp3) is 0.263. The molecule has 27 heavy (non-hydrogen) atoms. The Bertz CT molecular complexity index is 809. The van der Waals surface area contributed by atoms with Crippen LogP contribution in [0.2, 0.25) is 0 Å². The van der Waals surface area contributed by atoms with Gasteiger partial charge in [-0.05, 0) is 18.1 Å². The molecule has 0 bridgehead atoms. The lowest BCUT2D eigenvalue weighted by Gasteiger charge is -2.08. The van der Waals surface area contributed by atoms with Crippen LogP contribution in [0, 0.1) is 6.92 Å². The second-order valence-corrected chi connectivity index (χ2v) is 4.96. The van der Waals surface area contributed by atoms with E-state index in [4.69, 9.17) is 5.11 Å². The van der Waals surface area contributed by atoms with Gasteiger partial charge < -0.3 is 15.2 Å². The second kappa shape index (κ2) is 13.0. The number of nitrogens with zero attached hydrogens (tertiary/aromatic N) is 3. The number of hydrogen-bond acceptors (Lipinski definition) is 7. The molecule has 8 heteroatoms. The fourth-order valence-corrected chi connectivity index (χ4v) is 1.96. The van der Waals surface area contributed by atoms with Gasteiger partial charge in [0.15, 0.2) is 12.1 Å². The third-order valence-corrected chi connectivity index (χ3v) is 3.33. The number of aryl methyl sites for hydroxylation is 1. The topological polar surface area (TPSA) is 106 Å². The number of ether oxygens (including phenoxy) is 1. The van der Waals surface area contributed by atoms with Crippen molar-refractivity contribution in [1.82, 2.24) is 14.6 Å². The Labute approximate surface area is 158 Å². The van der Waals surface area contributed by atoms with Crippen LogP contribution in [-0.2, 0) is 9.53 Å². The third-order valence-electron chi connectivity index (χ3n) is 3.33. The van der Waals surface area contributed by atoms with Gasteiger partial charge in [-0.25, -0.2) is 9.50 Å². The van der Waals surface area contributed by atoms with Crippen molar-refractivity contribution < 1.29 is 19.4 Å². The summed E-state index contributed by atoms with van der Waals surface area (Å²) in [4.78, 5) is 24.8. The molecule has 0 fully saturated rings. The number of allylic oxidation sites excluding steroid dienone is 2. The van der Waals surface area contributed by atoms with Crippen molar-refractivity contribution >= 4 is 23.6 Å². The molecule has 2 heterocycles. The van der Waals surface area contributed by atoms with Crippen molar-refractivity contribution in [2.24, 2.45) is 0 Å². The summed E-state index contributed by atoms with van der Waals surface area (Å²) >= 11 is 0. The Balaban J connectivity index is 0.000000838. The van der Waals surface area contributed by atoms with E-state index < -0.39 is 0 Å².